The molecule has 3 aromatic rings. The van der Waals surface area contributed by atoms with E-state index in [0.717, 1.165) is 21.2 Å². The molecule has 0 radical (unpaired) electrons. The number of nitrogens with zero attached hydrogens (tertiary/aromatic N) is 2. The lowest BCUT2D eigenvalue weighted by Gasteiger charge is -2.32. The molecule has 3 rings (SSSR count). The Labute approximate surface area is 253 Å². The highest BCUT2D eigenvalue weighted by Crippen LogP contribution is 2.33. The summed E-state index contributed by atoms with van der Waals surface area (Å²) >= 11 is 1.50. The molecule has 0 saturated carbocycles. The van der Waals surface area contributed by atoms with E-state index in [4.69, 9.17) is 9.47 Å². The van der Waals surface area contributed by atoms with Crippen molar-refractivity contribution in [3.05, 3.63) is 78.4 Å². The third kappa shape index (κ3) is 8.19. The molecule has 0 unspecified atom stereocenters. The minimum Gasteiger partial charge on any atom is -0.497 e. The SMILES string of the molecule is CCCNC(=O)[C@H](C)N(Cc1cccc(OC)c1)C(=O)CN(c1ccccc1OCC)S(=O)(=O)c1ccc(SC)cc1. The van der Waals surface area contributed by atoms with Gasteiger partial charge in [0.1, 0.15) is 24.1 Å². The first kappa shape index (κ1) is 32.8. The maximum Gasteiger partial charge on any atom is 0.264 e. The molecule has 0 fully saturated rings. The van der Waals surface area contributed by atoms with Crippen LogP contribution in [0.5, 0.6) is 11.5 Å². The monoisotopic (exact) mass is 613 g/mol. The molecule has 0 saturated heterocycles. The molecule has 1 N–H and O–H groups in total. The van der Waals surface area contributed by atoms with Crippen LogP contribution in [0, 0.1) is 0 Å². The van der Waals surface area contributed by atoms with Crippen molar-refractivity contribution in [2.45, 2.75) is 49.6 Å². The number of rotatable bonds is 15. The van der Waals surface area contributed by atoms with Gasteiger partial charge in [-0.3, -0.25) is 13.9 Å². The number of sulfonamides is 1. The van der Waals surface area contributed by atoms with Crippen LogP contribution < -0.4 is 19.1 Å². The first-order chi connectivity index (χ1) is 20.2. The smallest absolute Gasteiger partial charge is 0.264 e. The van der Waals surface area contributed by atoms with Gasteiger partial charge in [-0.2, -0.15) is 0 Å². The Balaban J connectivity index is 2.08. The van der Waals surface area contributed by atoms with Crippen LogP contribution in [0.25, 0.3) is 0 Å². The highest BCUT2D eigenvalue weighted by molar-refractivity contribution is 7.98. The number of nitrogens with one attached hydrogen (secondary N) is 1. The Morgan fingerprint density at radius 1 is 1.00 bits per heavy atom. The number of thioether (sulfide) groups is 1. The van der Waals surface area contributed by atoms with E-state index in [-0.39, 0.29) is 23.0 Å². The molecule has 0 aromatic heterocycles. The number of hydrogen-bond acceptors (Lipinski definition) is 7. The summed E-state index contributed by atoms with van der Waals surface area (Å²) in [5, 5.41) is 2.84. The Bertz CT molecular complexity index is 1450. The summed E-state index contributed by atoms with van der Waals surface area (Å²) in [6.45, 7) is 5.66. The van der Waals surface area contributed by atoms with Gasteiger partial charge in [-0.15, -0.1) is 11.8 Å². The summed E-state index contributed by atoms with van der Waals surface area (Å²) in [5.74, 6) is 0.0502. The molecular weight excluding hydrogens is 574 g/mol. The van der Waals surface area contributed by atoms with Crippen molar-refractivity contribution in [3.63, 3.8) is 0 Å². The summed E-state index contributed by atoms with van der Waals surface area (Å²) in [6, 6.07) is 19.5. The summed E-state index contributed by atoms with van der Waals surface area (Å²) in [6.07, 6.45) is 2.64. The van der Waals surface area contributed by atoms with E-state index in [1.807, 2.05) is 19.2 Å². The van der Waals surface area contributed by atoms with Gasteiger partial charge >= 0.3 is 0 Å². The van der Waals surface area contributed by atoms with E-state index >= 15 is 0 Å². The molecule has 0 aliphatic heterocycles. The van der Waals surface area contributed by atoms with Crippen molar-refractivity contribution in [1.29, 1.82) is 0 Å². The molecule has 1 atom stereocenters. The van der Waals surface area contributed by atoms with Crippen molar-refractivity contribution in [2.24, 2.45) is 0 Å². The normalized spacial score (nSPS) is 11.8. The fraction of sp³-hybridized carbons (Fsp3) is 0.355. The summed E-state index contributed by atoms with van der Waals surface area (Å²) in [4.78, 5) is 29.5. The van der Waals surface area contributed by atoms with Gasteiger partial charge in [0.15, 0.2) is 0 Å². The van der Waals surface area contributed by atoms with E-state index in [0.29, 0.717) is 24.7 Å². The van der Waals surface area contributed by atoms with Gasteiger partial charge in [0.2, 0.25) is 11.8 Å². The van der Waals surface area contributed by atoms with Crippen LogP contribution in [0.15, 0.2) is 82.6 Å². The minimum atomic E-state index is -4.22. The van der Waals surface area contributed by atoms with E-state index in [1.54, 1.807) is 75.6 Å². The number of benzene rings is 3. The van der Waals surface area contributed by atoms with Crippen LogP contribution in [0.1, 0.15) is 32.8 Å². The maximum absolute atomic E-state index is 14.1. The van der Waals surface area contributed by atoms with E-state index in [2.05, 4.69) is 5.32 Å². The number of methoxy groups -OCH3 is 1. The fourth-order valence-electron chi connectivity index (χ4n) is 4.28. The van der Waals surface area contributed by atoms with E-state index < -0.39 is 28.5 Å². The Morgan fingerprint density at radius 3 is 2.36 bits per heavy atom. The predicted octanol–water partition coefficient (Wildman–Crippen LogP) is 4.95. The van der Waals surface area contributed by atoms with Crippen molar-refractivity contribution < 1.29 is 27.5 Å². The number of ether oxygens (including phenoxy) is 2. The number of carbonyl (C=O) groups is 2. The number of carbonyl (C=O) groups excluding carboxylic acids is 2. The lowest BCUT2D eigenvalue weighted by atomic mass is 10.1. The quantitative estimate of drug-likeness (QED) is 0.242. The fourth-order valence-corrected chi connectivity index (χ4v) is 6.11. The van der Waals surface area contributed by atoms with E-state index in [9.17, 15) is 18.0 Å². The van der Waals surface area contributed by atoms with Gasteiger partial charge in [0.05, 0.1) is 24.3 Å². The average molecular weight is 614 g/mol. The summed E-state index contributed by atoms with van der Waals surface area (Å²) < 4.78 is 40.4. The van der Waals surface area contributed by atoms with Gasteiger partial charge in [-0.25, -0.2) is 8.42 Å². The lowest BCUT2D eigenvalue weighted by Crippen LogP contribution is -2.51. The molecule has 9 nitrogen and oxygen atoms in total. The second-order valence-electron chi connectivity index (χ2n) is 9.43. The van der Waals surface area contributed by atoms with Crippen LogP contribution >= 0.6 is 11.8 Å². The third-order valence-electron chi connectivity index (χ3n) is 6.56. The van der Waals surface area contributed by atoms with Gasteiger partial charge < -0.3 is 19.7 Å². The first-order valence-electron chi connectivity index (χ1n) is 13.7. The van der Waals surface area contributed by atoms with Gasteiger partial charge in [-0.05, 0) is 80.6 Å². The van der Waals surface area contributed by atoms with Crippen LogP contribution in [0.3, 0.4) is 0 Å². The number of para-hydroxylation sites is 2. The molecule has 226 valence electrons. The third-order valence-corrected chi connectivity index (χ3v) is 9.08. The largest absolute Gasteiger partial charge is 0.497 e. The van der Waals surface area contributed by atoms with Crippen LogP contribution in [-0.2, 0) is 26.2 Å². The zero-order chi connectivity index (χ0) is 30.7. The Morgan fingerprint density at radius 2 is 1.71 bits per heavy atom. The van der Waals surface area contributed by atoms with Gasteiger partial charge in [0.25, 0.3) is 10.0 Å². The first-order valence-corrected chi connectivity index (χ1v) is 16.4. The molecule has 3 aromatic carbocycles. The molecule has 0 spiro atoms. The number of hydrogen-bond donors (Lipinski definition) is 1. The van der Waals surface area contributed by atoms with Gasteiger partial charge in [-0.1, -0.05) is 31.2 Å². The molecule has 0 aliphatic rings. The molecule has 0 heterocycles. The van der Waals surface area contributed by atoms with Crippen LogP contribution in [0.4, 0.5) is 5.69 Å². The van der Waals surface area contributed by atoms with Crippen LogP contribution in [0.2, 0.25) is 0 Å². The lowest BCUT2D eigenvalue weighted by molar-refractivity contribution is -0.139. The Hall–Kier alpha value is -3.70. The van der Waals surface area contributed by atoms with Crippen molar-refractivity contribution in [1.82, 2.24) is 10.2 Å². The maximum atomic E-state index is 14.1. The standard InChI is InChI=1S/C31H39N3O6S2/c1-6-19-32-31(36)23(3)33(21-24-11-10-12-25(20-24)39-4)30(35)22-34(28-13-8-9-14-29(28)40-7-2)42(37,38)27-17-15-26(41-5)16-18-27/h8-18,20,23H,6-7,19,21-22H2,1-5H3,(H,32,36)/t23-/m0/s1. The topological polar surface area (TPSA) is 105 Å². The zero-order valence-electron chi connectivity index (χ0n) is 24.7. The van der Waals surface area contributed by atoms with Crippen molar-refractivity contribution in [3.8, 4) is 11.5 Å². The average Bonchev–Trinajstić information content (AvgIpc) is 3.01. The molecule has 11 heteroatoms. The minimum absolute atomic E-state index is 0.0347. The molecule has 0 bridgehead atoms. The molecule has 42 heavy (non-hydrogen) atoms. The Kier molecular flexibility index (Phi) is 12.1. The van der Waals surface area contributed by atoms with Crippen LogP contribution in [-0.4, -0.2) is 64.2 Å². The zero-order valence-corrected chi connectivity index (χ0v) is 26.3. The van der Waals surface area contributed by atoms with Gasteiger partial charge in [0, 0.05) is 18.0 Å². The highest BCUT2D eigenvalue weighted by Gasteiger charge is 2.33. The molecule has 2 amide bonds. The summed E-state index contributed by atoms with van der Waals surface area (Å²) in [7, 11) is -2.67. The molecular formula is C31H39N3O6S2. The molecule has 0 aliphatic carbocycles. The highest BCUT2D eigenvalue weighted by atomic mass is 32.2. The predicted molar refractivity (Wildman–Crippen MR) is 167 cm³/mol. The van der Waals surface area contributed by atoms with Crippen molar-refractivity contribution in [2.75, 3.05) is 37.4 Å². The second kappa shape index (κ2) is 15.5. The van der Waals surface area contributed by atoms with E-state index in [1.165, 1.54) is 28.8 Å². The number of amides is 2. The van der Waals surface area contributed by atoms with Crippen molar-refractivity contribution >= 4 is 39.3 Å². The summed E-state index contributed by atoms with van der Waals surface area (Å²) in [5.41, 5.74) is 0.959. The second-order valence-corrected chi connectivity index (χ2v) is 12.2. The number of anilines is 1.